The van der Waals surface area contributed by atoms with Gasteiger partial charge in [0.15, 0.2) is 0 Å². The van der Waals surface area contributed by atoms with E-state index in [2.05, 4.69) is 5.32 Å². The molecule has 158 valence electrons. The van der Waals surface area contributed by atoms with Crippen LogP contribution in [0.3, 0.4) is 0 Å². The summed E-state index contributed by atoms with van der Waals surface area (Å²) >= 11 is 7.34. The van der Waals surface area contributed by atoms with E-state index < -0.39 is 39.2 Å². The van der Waals surface area contributed by atoms with Crippen molar-refractivity contribution in [3.63, 3.8) is 0 Å². The number of nitrogens with zero attached hydrogens (tertiary/aromatic N) is 1. The van der Waals surface area contributed by atoms with E-state index in [1.54, 1.807) is 11.8 Å². The quantitative estimate of drug-likeness (QED) is 0.600. The Morgan fingerprint density at radius 2 is 1.96 bits per heavy atom. The van der Waals surface area contributed by atoms with Crippen LogP contribution in [0.1, 0.15) is 31.2 Å². The SMILES string of the molecule is CS(=O)(=O)N(CC(=O)NCCSC1CCCC1)c1ccc(Cl)c(C(F)(F)F)c1. The van der Waals surface area contributed by atoms with Gasteiger partial charge in [0.1, 0.15) is 6.54 Å². The number of halogens is 4. The number of carbonyl (C=O) groups is 1. The molecule has 0 heterocycles. The summed E-state index contributed by atoms with van der Waals surface area (Å²) < 4.78 is 63.9. The van der Waals surface area contributed by atoms with E-state index in [1.165, 1.54) is 25.7 Å². The largest absolute Gasteiger partial charge is 0.417 e. The fourth-order valence-electron chi connectivity index (χ4n) is 2.94. The smallest absolute Gasteiger partial charge is 0.354 e. The third-order valence-corrected chi connectivity index (χ3v) is 7.16. The lowest BCUT2D eigenvalue weighted by atomic mass is 10.2. The number of carbonyl (C=O) groups excluding carboxylic acids is 1. The van der Waals surface area contributed by atoms with Crippen molar-refractivity contribution in [2.24, 2.45) is 0 Å². The maximum Gasteiger partial charge on any atom is 0.417 e. The second-order valence-corrected chi connectivity index (χ2v) is 10.3. The number of sulfonamides is 1. The first-order chi connectivity index (χ1) is 13.0. The topological polar surface area (TPSA) is 66.5 Å². The lowest BCUT2D eigenvalue weighted by molar-refractivity contribution is -0.137. The van der Waals surface area contributed by atoms with Crippen molar-refractivity contribution in [1.82, 2.24) is 5.32 Å². The molecular weight excluding hydrogens is 437 g/mol. The number of hydrogen-bond donors (Lipinski definition) is 1. The van der Waals surface area contributed by atoms with Crippen molar-refractivity contribution in [2.45, 2.75) is 37.1 Å². The van der Waals surface area contributed by atoms with Gasteiger partial charge in [0.2, 0.25) is 15.9 Å². The number of anilines is 1. The van der Waals surface area contributed by atoms with Crippen molar-refractivity contribution >= 4 is 45.0 Å². The van der Waals surface area contributed by atoms with Crippen molar-refractivity contribution in [3.05, 3.63) is 28.8 Å². The molecule has 1 aromatic carbocycles. The number of nitrogens with one attached hydrogen (secondary N) is 1. The summed E-state index contributed by atoms with van der Waals surface area (Å²) in [7, 11) is -3.97. The Labute approximate surface area is 172 Å². The predicted molar refractivity (Wildman–Crippen MR) is 106 cm³/mol. The minimum atomic E-state index is -4.74. The van der Waals surface area contributed by atoms with Gasteiger partial charge in [0, 0.05) is 17.5 Å². The van der Waals surface area contributed by atoms with E-state index in [1.807, 2.05) is 0 Å². The van der Waals surface area contributed by atoms with Crippen LogP contribution in [0.4, 0.5) is 18.9 Å². The molecule has 28 heavy (non-hydrogen) atoms. The Morgan fingerprint density at radius 1 is 1.32 bits per heavy atom. The van der Waals surface area contributed by atoms with Crippen molar-refractivity contribution in [3.8, 4) is 0 Å². The Kier molecular flexibility index (Phi) is 7.92. The zero-order valence-electron chi connectivity index (χ0n) is 15.3. The fraction of sp³-hybridized carbons (Fsp3) is 0.588. The monoisotopic (exact) mass is 458 g/mol. The van der Waals surface area contributed by atoms with Gasteiger partial charge in [-0.05, 0) is 31.0 Å². The van der Waals surface area contributed by atoms with Crippen LogP contribution < -0.4 is 9.62 Å². The van der Waals surface area contributed by atoms with Gasteiger partial charge in [-0.1, -0.05) is 24.4 Å². The van der Waals surface area contributed by atoms with Gasteiger partial charge < -0.3 is 5.32 Å². The molecule has 1 amide bonds. The average molecular weight is 459 g/mol. The Bertz CT molecular complexity index is 797. The zero-order chi connectivity index (χ0) is 20.9. The molecule has 0 radical (unpaired) electrons. The summed E-state index contributed by atoms with van der Waals surface area (Å²) in [5.74, 6) is 0.120. The summed E-state index contributed by atoms with van der Waals surface area (Å²) in [6.45, 7) is -0.238. The molecule has 1 fully saturated rings. The first-order valence-corrected chi connectivity index (χ1v) is 12.0. The summed E-state index contributed by atoms with van der Waals surface area (Å²) in [5.41, 5.74) is -1.43. The molecule has 0 atom stereocenters. The number of alkyl halides is 3. The third kappa shape index (κ3) is 6.73. The molecule has 1 aliphatic rings. The van der Waals surface area contributed by atoms with Crippen molar-refractivity contribution in [1.29, 1.82) is 0 Å². The molecule has 0 unspecified atom stereocenters. The first-order valence-electron chi connectivity index (χ1n) is 8.71. The van der Waals surface area contributed by atoms with Crippen LogP contribution in [0.25, 0.3) is 0 Å². The number of benzene rings is 1. The summed E-state index contributed by atoms with van der Waals surface area (Å²) in [6.07, 6.45) is 0.855. The molecule has 1 aliphatic carbocycles. The molecule has 1 saturated carbocycles. The van der Waals surface area contributed by atoms with Gasteiger partial charge in [-0.2, -0.15) is 24.9 Å². The molecule has 0 aromatic heterocycles. The summed E-state index contributed by atoms with van der Waals surface area (Å²) in [5, 5.41) is 2.67. The Hall–Kier alpha value is -1.13. The highest BCUT2D eigenvalue weighted by Crippen LogP contribution is 2.37. The number of hydrogen-bond acceptors (Lipinski definition) is 4. The zero-order valence-corrected chi connectivity index (χ0v) is 17.6. The molecule has 0 aliphatic heterocycles. The summed E-state index contributed by atoms with van der Waals surface area (Å²) in [6, 6.07) is 2.74. The minimum absolute atomic E-state index is 0.269. The van der Waals surface area contributed by atoms with E-state index >= 15 is 0 Å². The molecule has 1 N–H and O–H groups in total. The van der Waals surface area contributed by atoms with Crippen LogP contribution in [0, 0.1) is 0 Å². The van der Waals surface area contributed by atoms with E-state index in [9.17, 15) is 26.4 Å². The molecule has 5 nitrogen and oxygen atoms in total. The number of thioether (sulfide) groups is 1. The van der Waals surface area contributed by atoms with Gasteiger partial charge in [-0.25, -0.2) is 8.42 Å². The van der Waals surface area contributed by atoms with Crippen LogP contribution in [-0.2, 0) is 21.0 Å². The molecule has 0 bridgehead atoms. The fourth-order valence-corrected chi connectivity index (χ4v) is 5.24. The molecule has 0 spiro atoms. The highest BCUT2D eigenvalue weighted by Gasteiger charge is 2.34. The third-order valence-electron chi connectivity index (χ3n) is 4.31. The summed E-state index contributed by atoms with van der Waals surface area (Å²) in [4.78, 5) is 12.1. The predicted octanol–water partition coefficient (Wildman–Crippen LogP) is 3.92. The van der Waals surface area contributed by atoms with E-state index in [4.69, 9.17) is 11.6 Å². The number of amides is 1. The van der Waals surface area contributed by atoms with Gasteiger partial charge >= 0.3 is 6.18 Å². The van der Waals surface area contributed by atoms with Gasteiger partial charge in [0.25, 0.3) is 0 Å². The second-order valence-electron chi connectivity index (χ2n) is 6.56. The minimum Gasteiger partial charge on any atom is -0.354 e. The average Bonchev–Trinajstić information content (AvgIpc) is 3.09. The highest BCUT2D eigenvalue weighted by molar-refractivity contribution is 7.99. The lowest BCUT2D eigenvalue weighted by Crippen LogP contribution is -2.41. The molecule has 11 heteroatoms. The molecule has 1 aromatic rings. The van der Waals surface area contributed by atoms with Crippen LogP contribution in [0.2, 0.25) is 5.02 Å². The standard InChI is InChI=1S/C17H22ClF3N2O3S2/c1-28(25,26)23(12-6-7-15(18)14(10-12)17(19,20)21)11-16(24)22-8-9-27-13-4-2-3-5-13/h6-7,10,13H,2-5,8-9,11H2,1H3,(H,22,24). The molecule has 2 rings (SSSR count). The Balaban J connectivity index is 2.03. The van der Waals surface area contributed by atoms with Gasteiger partial charge in [-0.3, -0.25) is 9.10 Å². The van der Waals surface area contributed by atoms with Gasteiger partial charge in [0.05, 0.1) is 22.5 Å². The second kappa shape index (κ2) is 9.58. The van der Waals surface area contributed by atoms with Crippen LogP contribution in [-0.4, -0.2) is 44.7 Å². The van der Waals surface area contributed by atoms with Gasteiger partial charge in [-0.15, -0.1) is 0 Å². The van der Waals surface area contributed by atoms with Crippen LogP contribution in [0.15, 0.2) is 18.2 Å². The lowest BCUT2D eigenvalue weighted by Gasteiger charge is -2.23. The number of rotatable bonds is 8. The van der Waals surface area contributed by atoms with E-state index in [-0.39, 0.29) is 5.69 Å². The van der Waals surface area contributed by atoms with Crippen LogP contribution in [0.5, 0.6) is 0 Å². The molecule has 0 saturated heterocycles. The maximum absolute atomic E-state index is 13.1. The normalized spacial score (nSPS) is 15.6. The van der Waals surface area contributed by atoms with Crippen molar-refractivity contribution < 1.29 is 26.4 Å². The molecular formula is C17H22ClF3N2O3S2. The van der Waals surface area contributed by atoms with Crippen LogP contribution >= 0.6 is 23.4 Å². The first kappa shape index (κ1) is 23.2. The van der Waals surface area contributed by atoms with E-state index in [0.29, 0.717) is 27.9 Å². The Morgan fingerprint density at radius 3 is 2.54 bits per heavy atom. The maximum atomic E-state index is 13.1. The van der Waals surface area contributed by atoms with Crippen molar-refractivity contribution in [2.75, 3.05) is 29.4 Å². The highest BCUT2D eigenvalue weighted by atomic mass is 35.5. The van der Waals surface area contributed by atoms with E-state index in [0.717, 1.165) is 18.4 Å².